The first-order valence-electron chi connectivity index (χ1n) is 25.4. The van der Waals surface area contributed by atoms with E-state index >= 15 is 0 Å². The van der Waals surface area contributed by atoms with E-state index in [0.717, 1.165) is 61.4 Å². The third kappa shape index (κ3) is 10.3. The summed E-state index contributed by atoms with van der Waals surface area (Å²) in [6.45, 7) is 26.9. The van der Waals surface area contributed by atoms with Gasteiger partial charge in [0.15, 0.2) is 0 Å². The molecular formula is C64H74Ge2N3OPt-. The summed E-state index contributed by atoms with van der Waals surface area (Å²) in [5.41, 5.74) is 15.8. The van der Waals surface area contributed by atoms with Crippen LogP contribution in [-0.4, -0.2) is 46.2 Å². The smallest absolute Gasteiger partial charge is 0 e. The van der Waals surface area contributed by atoms with Crippen LogP contribution in [-0.2, 0) is 42.7 Å². The van der Waals surface area contributed by atoms with Gasteiger partial charge in [0.05, 0.1) is 11.3 Å². The molecule has 1 aliphatic rings. The van der Waals surface area contributed by atoms with Crippen molar-refractivity contribution in [1.82, 2.24) is 14.5 Å². The summed E-state index contributed by atoms with van der Waals surface area (Å²) in [6, 6.07) is 48.9. The van der Waals surface area contributed by atoms with Crippen molar-refractivity contribution in [2.75, 3.05) is 0 Å². The van der Waals surface area contributed by atoms with Crippen LogP contribution in [0.25, 0.3) is 72.7 Å². The summed E-state index contributed by atoms with van der Waals surface area (Å²) in [5, 5.41) is 15.5. The van der Waals surface area contributed by atoms with Crippen LogP contribution in [0, 0.1) is 6.07 Å². The number of rotatable bonds is 6. The van der Waals surface area contributed by atoms with Crippen molar-refractivity contribution in [3.05, 3.63) is 156 Å². The third-order valence-corrected chi connectivity index (χ3v) is 32.6. The molecule has 0 saturated carbocycles. The van der Waals surface area contributed by atoms with Gasteiger partial charge in [-0.15, -0.1) is 0 Å². The molecular weight excluding hydrogens is 1170 g/mol. The van der Waals surface area contributed by atoms with E-state index in [0.29, 0.717) is 11.4 Å². The summed E-state index contributed by atoms with van der Waals surface area (Å²) < 4.78 is 5.75. The molecule has 0 amide bonds. The zero-order valence-corrected chi connectivity index (χ0v) is 51.6. The van der Waals surface area contributed by atoms with Crippen molar-refractivity contribution >= 4 is 46.4 Å². The number of hydrogen-bond donors (Lipinski definition) is 1. The number of aromatic nitrogens is 3. The fraction of sp³-hybridized carbons (Fsp3) is 0.344. The Hall–Kier alpha value is -4.49. The van der Waals surface area contributed by atoms with Crippen LogP contribution in [0.1, 0.15) is 105 Å². The molecule has 0 bridgehead atoms. The Morgan fingerprint density at radius 2 is 1.13 bits per heavy atom. The van der Waals surface area contributed by atoms with E-state index in [1.54, 1.807) is 8.79 Å². The van der Waals surface area contributed by atoms with Crippen LogP contribution < -0.4 is 8.79 Å². The monoisotopic (exact) mass is 1240 g/mol. The van der Waals surface area contributed by atoms with E-state index in [2.05, 4.69) is 238 Å². The molecule has 4 nitrogen and oxygen atoms in total. The largest absolute Gasteiger partial charge is 0 e. The molecule has 7 heteroatoms. The maximum Gasteiger partial charge on any atom is 0 e. The number of fused-ring (bicyclic) bond motifs is 2. The summed E-state index contributed by atoms with van der Waals surface area (Å²) in [4.78, 5) is 10.8. The molecule has 370 valence electrons. The van der Waals surface area contributed by atoms with Crippen LogP contribution in [0.3, 0.4) is 0 Å². The van der Waals surface area contributed by atoms with Gasteiger partial charge in [0.1, 0.15) is 11.6 Å². The van der Waals surface area contributed by atoms with Gasteiger partial charge in [-0.1, -0.05) is 105 Å². The number of benzene rings is 6. The van der Waals surface area contributed by atoms with Crippen LogP contribution >= 0.6 is 0 Å². The van der Waals surface area contributed by atoms with Gasteiger partial charge < -0.3 is 5.11 Å². The summed E-state index contributed by atoms with van der Waals surface area (Å²) in [5.74, 6) is 11.4. The molecule has 1 N–H and O–H groups in total. The molecule has 0 saturated heterocycles. The predicted octanol–water partition coefficient (Wildman–Crippen LogP) is 16.3. The van der Waals surface area contributed by atoms with Gasteiger partial charge in [-0.05, 0) is 57.2 Å². The molecule has 0 fully saturated rings. The quantitative estimate of drug-likeness (QED) is 0.133. The van der Waals surface area contributed by atoms with Gasteiger partial charge in [-0.2, -0.15) is 0 Å². The molecule has 3 heterocycles. The van der Waals surface area contributed by atoms with Gasteiger partial charge in [0.2, 0.25) is 0 Å². The fourth-order valence-electron chi connectivity index (χ4n) is 10.4. The summed E-state index contributed by atoms with van der Waals surface area (Å²) in [7, 11) is 0. The number of hydrogen-bond acceptors (Lipinski definition) is 3. The minimum Gasteiger partial charge on any atom is 0 e. The standard InChI is InChI=1S/C64H74Ge2N3O.Pt/c1-61(2,3)46-26-28-56(50(38-46)41-21-18-17-19-22-41)69-57-24-20-23-49(58(57)68-60(69)51-39-48(63(7,8)9)40-52(59(51)70)64(10,11)12)44-33-45(35-47(34-44)62(4,5)6)55-37-43(29-32-67-55)42-25-27-53-54(36-42)66(15,16)31-30-65(53,13)14;/h17-29,32,34-40,70H,30-31H2,1-16H3;/q-1;. The van der Waals surface area contributed by atoms with Crippen molar-refractivity contribution in [3.8, 4) is 67.5 Å². The van der Waals surface area contributed by atoms with E-state index in [-0.39, 0.29) is 48.5 Å². The first kappa shape index (κ1) is 52.8. The van der Waals surface area contributed by atoms with Crippen LogP contribution in [0.2, 0.25) is 33.5 Å². The van der Waals surface area contributed by atoms with Crippen molar-refractivity contribution in [2.24, 2.45) is 0 Å². The zero-order chi connectivity index (χ0) is 50.5. The Balaban J connectivity index is 0.00000676. The Kier molecular flexibility index (Phi) is 14.0. The molecule has 71 heavy (non-hydrogen) atoms. The Labute approximate surface area is 445 Å². The molecule has 0 atom stereocenters. The van der Waals surface area contributed by atoms with Gasteiger partial charge in [0.25, 0.3) is 0 Å². The molecule has 6 aromatic carbocycles. The maximum absolute atomic E-state index is 12.6. The summed E-state index contributed by atoms with van der Waals surface area (Å²) in [6.07, 6.45) is 1.98. The molecule has 0 radical (unpaired) electrons. The minimum absolute atomic E-state index is 0. The van der Waals surface area contributed by atoms with Gasteiger partial charge in [0, 0.05) is 32.2 Å². The second-order valence-electron chi connectivity index (χ2n) is 25.6. The number of aromatic hydroxyl groups is 1. The van der Waals surface area contributed by atoms with Crippen molar-refractivity contribution in [2.45, 2.75) is 138 Å². The molecule has 0 aliphatic carbocycles. The third-order valence-electron chi connectivity index (χ3n) is 15.1. The zero-order valence-electron chi connectivity index (χ0n) is 45.1. The molecule has 8 aromatic rings. The molecule has 2 aromatic heterocycles. The number of para-hydroxylation sites is 1. The van der Waals surface area contributed by atoms with Gasteiger partial charge in [-0.25, -0.2) is 0 Å². The van der Waals surface area contributed by atoms with Crippen LogP contribution in [0.15, 0.2) is 128 Å². The van der Waals surface area contributed by atoms with Crippen LogP contribution in [0.4, 0.5) is 0 Å². The Morgan fingerprint density at radius 1 is 0.521 bits per heavy atom. The van der Waals surface area contributed by atoms with E-state index in [1.807, 2.05) is 6.20 Å². The van der Waals surface area contributed by atoms with E-state index in [9.17, 15) is 5.11 Å². The number of pyridine rings is 1. The Morgan fingerprint density at radius 3 is 1.77 bits per heavy atom. The van der Waals surface area contributed by atoms with Crippen molar-refractivity contribution < 1.29 is 26.2 Å². The average Bonchev–Trinajstić information content (AvgIpc) is 3.68. The summed E-state index contributed by atoms with van der Waals surface area (Å²) >= 11 is -4.16. The van der Waals surface area contributed by atoms with E-state index in [4.69, 9.17) is 9.97 Å². The average molecular weight is 1240 g/mol. The normalized spacial score (nSPS) is 14.8. The SMILES string of the molecule is CC(C)(C)c1cc(-c2cc(-c3cc[c]4[c](c3)[Ge]([CH3])([CH3])[CH2][CH2][Ge]4([CH3])[CH3])ccn2)[c-]c(-c2cccc3c2nc(-c2cc(C(C)(C)C)cc(C(C)(C)C)c2O)n3-c2ccc(C(C)(C)C)cc2-c2ccccc2)c1.[Pt]. The fourth-order valence-corrected chi connectivity index (χ4v) is 40.8. The van der Waals surface area contributed by atoms with Crippen molar-refractivity contribution in [1.29, 1.82) is 0 Å². The number of nitrogens with zero attached hydrogens (tertiary/aromatic N) is 3. The molecule has 9 rings (SSSR count). The topological polar surface area (TPSA) is 50.9 Å². The predicted molar refractivity (Wildman–Crippen MR) is 305 cm³/mol. The second kappa shape index (κ2) is 18.8. The first-order valence-corrected chi connectivity index (χ1v) is 38.9. The van der Waals surface area contributed by atoms with Gasteiger partial charge >= 0.3 is 222 Å². The van der Waals surface area contributed by atoms with E-state index < -0.39 is 26.5 Å². The van der Waals surface area contributed by atoms with Gasteiger partial charge in [-0.3, -0.25) is 4.57 Å². The molecule has 0 spiro atoms. The number of phenols is 1. The Bertz CT molecular complexity index is 3320. The maximum atomic E-state index is 12.6. The minimum atomic E-state index is -2.13. The first-order chi connectivity index (χ1) is 32.6. The van der Waals surface area contributed by atoms with Crippen molar-refractivity contribution in [3.63, 3.8) is 0 Å². The number of phenolic OH excluding ortho intramolecular Hbond substituents is 1. The number of imidazole rings is 1. The molecule has 1 aliphatic heterocycles. The van der Waals surface area contributed by atoms with Crippen LogP contribution in [0.5, 0.6) is 5.75 Å². The second-order valence-corrected chi connectivity index (χ2v) is 45.8. The van der Waals surface area contributed by atoms with E-state index in [1.165, 1.54) is 32.8 Å². The molecule has 0 unspecified atom stereocenters.